The van der Waals surface area contributed by atoms with E-state index >= 15 is 0 Å². The highest BCUT2D eigenvalue weighted by molar-refractivity contribution is 5.96. The van der Waals surface area contributed by atoms with Crippen LogP contribution in [0.25, 0.3) is 0 Å². The minimum absolute atomic E-state index is 0.274. The predicted octanol–water partition coefficient (Wildman–Crippen LogP) is 2.00. The largest absolute Gasteiger partial charge is 0.464 e. The number of ether oxygens (including phenoxy) is 1. The smallest absolute Gasteiger partial charge is 0.328 e. The molecule has 1 aromatic carbocycles. The van der Waals surface area contributed by atoms with Gasteiger partial charge in [-0.1, -0.05) is 32.0 Å². The van der Waals surface area contributed by atoms with Crippen LogP contribution in [0.15, 0.2) is 30.3 Å². The van der Waals surface area contributed by atoms with E-state index in [9.17, 15) is 9.59 Å². The highest BCUT2D eigenvalue weighted by Crippen LogP contribution is 2.00. The molecule has 0 fully saturated rings. The van der Waals surface area contributed by atoms with Crippen molar-refractivity contribution in [3.05, 3.63) is 35.9 Å². The van der Waals surface area contributed by atoms with Gasteiger partial charge in [0.05, 0.1) is 6.61 Å². The molecule has 0 aliphatic heterocycles. The van der Waals surface area contributed by atoms with Crippen LogP contribution in [0.2, 0.25) is 0 Å². The van der Waals surface area contributed by atoms with Gasteiger partial charge in [-0.3, -0.25) is 4.79 Å². The van der Waals surface area contributed by atoms with Gasteiger partial charge in [0.2, 0.25) is 0 Å². The first-order valence-electron chi connectivity index (χ1n) is 6.03. The van der Waals surface area contributed by atoms with Crippen molar-refractivity contribution in [1.29, 1.82) is 0 Å². The lowest BCUT2D eigenvalue weighted by Crippen LogP contribution is -2.39. The van der Waals surface area contributed by atoms with E-state index in [2.05, 4.69) is 5.32 Å². The lowest BCUT2D eigenvalue weighted by Gasteiger charge is -2.14. The summed E-state index contributed by atoms with van der Waals surface area (Å²) in [6, 6.07) is 8.13. The van der Waals surface area contributed by atoms with Gasteiger partial charge in [0, 0.05) is 5.56 Å². The van der Waals surface area contributed by atoms with Crippen LogP contribution in [0.4, 0.5) is 0 Å². The molecule has 18 heavy (non-hydrogen) atoms. The van der Waals surface area contributed by atoms with E-state index in [1.54, 1.807) is 31.2 Å². The molecule has 1 rings (SSSR count). The van der Waals surface area contributed by atoms with Crippen molar-refractivity contribution in [3.8, 4) is 0 Å². The number of esters is 1. The molecule has 0 aliphatic rings. The van der Waals surface area contributed by atoms with Crippen molar-refractivity contribution in [3.63, 3.8) is 0 Å². The van der Waals surface area contributed by atoms with Gasteiger partial charge in [-0.2, -0.15) is 0 Å². The third-order valence-electron chi connectivity index (χ3n) is 2.30. The summed E-state index contributed by atoms with van der Waals surface area (Å²) in [6.07, 6.45) is 0. The lowest BCUT2D eigenvalue weighted by atomic mass is 10.2. The van der Waals surface area contributed by atoms with Gasteiger partial charge in [-0.15, -0.1) is 0 Å². The van der Waals surface area contributed by atoms with E-state index in [0.29, 0.717) is 12.2 Å². The van der Waals surface area contributed by atoms with Gasteiger partial charge >= 0.3 is 5.97 Å². The highest BCUT2D eigenvalue weighted by Gasteiger charge is 2.17. The van der Waals surface area contributed by atoms with Crippen LogP contribution in [0.5, 0.6) is 0 Å². The zero-order valence-electron chi connectivity index (χ0n) is 11.0. The molecule has 1 aromatic rings. The molecule has 1 amide bonds. The SMILES string of the molecule is CC(C)COC(=O)C(C)NC(=O)c1ccccc1. The average molecular weight is 249 g/mol. The van der Waals surface area contributed by atoms with Crippen LogP contribution in [0.1, 0.15) is 31.1 Å². The molecule has 1 atom stereocenters. The monoisotopic (exact) mass is 249 g/mol. The predicted molar refractivity (Wildman–Crippen MR) is 69.2 cm³/mol. The van der Waals surface area contributed by atoms with Crippen LogP contribution in [-0.2, 0) is 9.53 Å². The fourth-order valence-electron chi connectivity index (χ4n) is 1.30. The van der Waals surface area contributed by atoms with E-state index in [-0.39, 0.29) is 11.8 Å². The van der Waals surface area contributed by atoms with Crippen molar-refractivity contribution in [1.82, 2.24) is 5.32 Å². The van der Waals surface area contributed by atoms with Crippen LogP contribution >= 0.6 is 0 Å². The molecule has 0 aliphatic carbocycles. The summed E-state index contributed by atoms with van der Waals surface area (Å²) in [5.74, 6) is -0.399. The summed E-state index contributed by atoms with van der Waals surface area (Å²) in [6.45, 7) is 5.90. The molecule has 0 radical (unpaired) electrons. The number of hydrogen-bond acceptors (Lipinski definition) is 3. The fourth-order valence-corrected chi connectivity index (χ4v) is 1.30. The van der Waals surface area contributed by atoms with E-state index in [1.165, 1.54) is 0 Å². The molecule has 0 bridgehead atoms. The van der Waals surface area contributed by atoms with Gasteiger partial charge in [-0.25, -0.2) is 4.79 Å². The number of amides is 1. The Labute approximate surface area is 107 Å². The number of nitrogens with one attached hydrogen (secondary N) is 1. The molecular formula is C14H19NO3. The van der Waals surface area contributed by atoms with Crippen molar-refractivity contribution >= 4 is 11.9 Å². The second kappa shape index (κ2) is 6.79. The lowest BCUT2D eigenvalue weighted by molar-refractivity contribution is -0.146. The normalized spacial score (nSPS) is 12.0. The van der Waals surface area contributed by atoms with Crippen molar-refractivity contribution in [2.24, 2.45) is 5.92 Å². The maximum atomic E-state index is 11.8. The molecule has 0 saturated heterocycles. The number of rotatable bonds is 5. The number of carbonyl (C=O) groups excluding carboxylic acids is 2. The van der Waals surface area contributed by atoms with E-state index < -0.39 is 12.0 Å². The molecule has 4 nitrogen and oxygen atoms in total. The maximum Gasteiger partial charge on any atom is 0.328 e. The minimum Gasteiger partial charge on any atom is -0.464 e. The van der Waals surface area contributed by atoms with Crippen LogP contribution in [-0.4, -0.2) is 24.5 Å². The highest BCUT2D eigenvalue weighted by atomic mass is 16.5. The maximum absolute atomic E-state index is 11.8. The molecule has 98 valence electrons. The van der Waals surface area contributed by atoms with Crippen LogP contribution in [0, 0.1) is 5.92 Å². The molecular weight excluding hydrogens is 230 g/mol. The molecule has 0 aromatic heterocycles. The van der Waals surface area contributed by atoms with Crippen LogP contribution in [0.3, 0.4) is 0 Å². The molecule has 0 spiro atoms. The summed E-state index contributed by atoms with van der Waals surface area (Å²) >= 11 is 0. The standard InChI is InChI=1S/C14H19NO3/c1-10(2)9-18-14(17)11(3)15-13(16)12-7-5-4-6-8-12/h4-8,10-11H,9H2,1-3H3,(H,15,16). The Morgan fingerprint density at radius 1 is 1.17 bits per heavy atom. The van der Waals surface area contributed by atoms with Crippen molar-refractivity contribution in [2.45, 2.75) is 26.8 Å². The van der Waals surface area contributed by atoms with Gasteiger partial charge in [0.1, 0.15) is 6.04 Å². The Kier molecular flexibility index (Phi) is 5.36. The summed E-state index contributed by atoms with van der Waals surface area (Å²) in [7, 11) is 0. The number of hydrogen-bond donors (Lipinski definition) is 1. The Hall–Kier alpha value is -1.84. The first-order valence-corrected chi connectivity index (χ1v) is 6.03. The molecule has 0 saturated carbocycles. The van der Waals surface area contributed by atoms with Gasteiger partial charge in [0.15, 0.2) is 0 Å². The third-order valence-corrected chi connectivity index (χ3v) is 2.30. The van der Waals surface area contributed by atoms with Crippen LogP contribution < -0.4 is 5.32 Å². The Balaban J connectivity index is 2.47. The van der Waals surface area contributed by atoms with Crippen molar-refractivity contribution < 1.29 is 14.3 Å². The summed E-state index contributed by atoms with van der Waals surface area (Å²) in [5.41, 5.74) is 0.529. The van der Waals surface area contributed by atoms with Gasteiger partial charge in [-0.05, 0) is 25.0 Å². The quantitative estimate of drug-likeness (QED) is 0.812. The fraction of sp³-hybridized carbons (Fsp3) is 0.429. The first-order chi connectivity index (χ1) is 8.50. The molecule has 1 unspecified atom stereocenters. The molecule has 0 heterocycles. The van der Waals surface area contributed by atoms with E-state index in [0.717, 1.165) is 0 Å². The molecule has 1 N–H and O–H groups in total. The number of benzene rings is 1. The summed E-state index contributed by atoms with van der Waals surface area (Å²) < 4.78 is 5.05. The first kappa shape index (κ1) is 14.2. The second-order valence-corrected chi connectivity index (χ2v) is 4.59. The van der Waals surface area contributed by atoms with Gasteiger partial charge in [0.25, 0.3) is 5.91 Å². The second-order valence-electron chi connectivity index (χ2n) is 4.59. The zero-order chi connectivity index (χ0) is 13.5. The minimum atomic E-state index is -0.642. The van der Waals surface area contributed by atoms with Gasteiger partial charge < -0.3 is 10.1 Å². The summed E-state index contributed by atoms with van der Waals surface area (Å²) in [4.78, 5) is 23.4. The van der Waals surface area contributed by atoms with Crippen molar-refractivity contribution in [2.75, 3.05) is 6.61 Å². The Bertz CT molecular complexity index is 401. The topological polar surface area (TPSA) is 55.4 Å². The van der Waals surface area contributed by atoms with E-state index in [1.807, 2.05) is 19.9 Å². The Morgan fingerprint density at radius 2 is 1.78 bits per heavy atom. The number of carbonyl (C=O) groups is 2. The summed E-state index contributed by atoms with van der Waals surface area (Å²) in [5, 5.41) is 2.61. The molecule has 4 heteroatoms. The average Bonchev–Trinajstić information content (AvgIpc) is 2.36. The Morgan fingerprint density at radius 3 is 2.33 bits per heavy atom. The third kappa shape index (κ3) is 4.57. The van der Waals surface area contributed by atoms with E-state index in [4.69, 9.17) is 4.74 Å². The zero-order valence-corrected chi connectivity index (χ0v) is 11.0.